The Morgan fingerprint density at radius 1 is 1.13 bits per heavy atom. The maximum Gasteiger partial charge on any atom is 0.276 e. The topological polar surface area (TPSA) is 69.0 Å². The Balaban J connectivity index is 1.42. The largest absolute Gasteiger partial charge is 0.487 e. The molecule has 0 aliphatic heterocycles. The normalized spacial score (nSPS) is 10.6. The maximum atomic E-state index is 13.9. The van der Waals surface area contributed by atoms with E-state index < -0.39 is 11.7 Å². The fraction of sp³-hybridized carbons (Fsp3) is 0.0455. The molecule has 0 saturated carbocycles. The van der Waals surface area contributed by atoms with E-state index in [0.29, 0.717) is 23.1 Å². The smallest absolute Gasteiger partial charge is 0.276 e. The molecule has 1 N–H and O–H groups in total. The van der Waals surface area contributed by atoms with Gasteiger partial charge in [-0.1, -0.05) is 29.8 Å². The number of nitrogens with one attached hydrogen (secondary N) is 1. The number of aromatic nitrogens is 3. The second-order valence-corrected chi connectivity index (χ2v) is 6.75. The average molecular weight is 423 g/mol. The summed E-state index contributed by atoms with van der Waals surface area (Å²) < 4.78 is 20.9. The molecule has 2 aromatic carbocycles. The standard InChI is InChI=1S/C22H16ClFN4O2/c23-17-12-16(7-8-21(17)30-14-15-4-3-10-25-13-15)26-22(29)19-9-11-28(27-19)20-6-2-1-5-18(20)24/h1-13H,14H2,(H,26,29). The van der Waals surface area contributed by atoms with Crippen molar-refractivity contribution in [1.82, 2.24) is 14.8 Å². The first-order valence-corrected chi connectivity index (χ1v) is 9.41. The van der Waals surface area contributed by atoms with Gasteiger partial charge in [0, 0.05) is 29.8 Å². The number of rotatable bonds is 6. The Morgan fingerprint density at radius 2 is 2.00 bits per heavy atom. The Kier molecular flexibility index (Phi) is 5.72. The number of pyridine rings is 1. The van der Waals surface area contributed by atoms with Crippen LogP contribution in [0.5, 0.6) is 5.75 Å². The van der Waals surface area contributed by atoms with Gasteiger partial charge in [-0.05, 0) is 42.5 Å². The lowest BCUT2D eigenvalue weighted by molar-refractivity contribution is 0.102. The SMILES string of the molecule is O=C(Nc1ccc(OCc2cccnc2)c(Cl)c1)c1ccn(-c2ccccc2F)n1. The van der Waals surface area contributed by atoms with E-state index in [1.165, 1.54) is 23.0 Å². The lowest BCUT2D eigenvalue weighted by Crippen LogP contribution is -2.13. The molecule has 0 aliphatic carbocycles. The van der Waals surface area contributed by atoms with Crippen LogP contribution in [0.4, 0.5) is 10.1 Å². The molecule has 150 valence electrons. The van der Waals surface area contributed by atoms with Crippen molar-refractivity contribution in [3.05, 3.63) is 101 Å². The first-order valence-electron chi connectivity index (χ1n) is 9.03. The number of ether oxygens (including phenoxy) is 1. The van der Waals surface area contributed by atoms with Crippen LogP contribution in [0.1, 0.15) is 16.1 Å². The fourth-order valence-electron chi connectivity index (χ4n) is 2.75. The minimum atomic E-state index is -0.440. The average Bonchev–Trinajstić information content (AvgIpc) is 3.24. The molecule has 0 radical (unpaired) electrons. The second kappa shape index (κ2) is 8.75. The summed E-state index contributed by atoms with van der Waals surface area (Å²) in [5.41, 5.74) is 1.80. The number of hydrogen-bond donors (Lipinski definition) is 1. The molecule has 2 aromatic heterocycles. The first-order chi connectivity index (χ1) is 14.6. The Morgan fingerprint density at radius 3 is 2.77 bits per heavy atom. The third-order valence-corrected chi connectivity index (χ3v) is 4.52. The van der Waals surface area contributed by atoms with Crippen LogP contribution in [0.15, 0.2) is 79.3 Å². The van der Waals surface area contributed by atoms with E-state index in [4.69, 9.17) is 16.3 Å². The summed E-state index contributed by atoms with van der Waals surface area (Å²) in [6, 6.07) is 16.4. The predicted octanol–water partition coefficient (Wildman–Crippen LogP) is 4.89. The van der Waals surface area contributed by atoms with Crippen molar-refractivity contribution in [2.75, 3.05) is 5.32 Å². The molecular formula is C22H16ClFN4O2. The highest BCUT2D eigenvalue weighted by Gasteiger charge is 2.13. The van der Waals surface area contributed by atoms with Gasteiger partial charge in [0.1, 0.15) is 23.9 Å². The summed E-state index contributed by atoms with van der Waals surface area (Å²) in [5.74, 6) is -0.381. The molecule has 2 heterocycles. The predicted molar refractivity (Wildman–Crippen MR) is 111 cm³/mol. The van der Waals surface area contributed by atoms with E-state index in [1.54, 1.807) is 48.8 Å². The first kappa shape index (κ1) is 19.6. The van der Waals surface area contributed by atoms with Gasteiger partial charge in [0.25, 0.3) is 5.91 Å². The maximum absolute atomic E-state index is 13.9. The highest BCUT2D eigenvalue weighted by Crippen LogP contribution is 2.28. The fourth-order valence-corrected chi connectivity index (χ4v) is 2.99. The summed E-state index contributed by atoms with van der Waals surface area (Å²) in [6.45, 7) is 0.326. The quantitative estimate of drug-likeness (QED) is 0.480. The summed E-state index contributed by atoms with van der Waals surface area (Å²) in [7, 11) is 0. The van der Waals surface area contributed by atoms with Gasteiger partial charge in [0.2, 0.25) is 0 Å². The second-order valence-electron chi connectivity index (χ2n) is 6.35. The molecule has 0 unspecified atom stereocenters. The van der Waals surface area contributed by atoms with Gasteiger partial charge < -0.3 is 10.1 Å². The number of halogens is 2. The van der Waals surface area contributed by atoms with Crippen molar-refractivity contribution in [3.63, 3.8) is 0 Å². The van der Waals surface area contributed by atoms with Gasteiger partial charge >= 0.3 is 0 Å². The van der Waals surface area contributed by atoms with Gasteiger partial charge in [-0.25, -0.2) is 9.07 Å². The number of para-hydroxylation sites is 1. The minimum Gasteiger partial charge on any atom is -0.487 e. The molecule has 4 aromatic rings. The number of nitrogens with zero attached hydrogens (tertiary/aromatic N) is 3. The van der Waals surface area contributed by atoms with E-state index in [9.17, 15) is 9.18 Å². The van der Waals surface area contributed by atoms with E-state index in [1.807, 2.05) is 12.1 Å². The number of anilines is 1. The van der Waals surface area contributed by atoms with Crippen LogP contribution in [0.25, 0.3) is 5.69 Å². The molecule has 0 aliphatic rings. The Labute approximate surface area is 176 Å². The molecule has 0 saturated heterocycles. The van der Waals surface area contributed by atoms with Crippen molar-refractivity contribution in [2.24, 2.45) is 0 Å². The lowest BCUT2D eigenvalue weighted by atomic mass is 10.2. The van der Waals surface area contributed by atoms with Crippen molar-refractivity contribution < 1.29 is 13.9 Å². The van der Waals surface area contributed by atoms with Gasteiger partial charge in [0.05, 0.1) is 5.02 Å². The number of hydrogen-bond acceptors (Lipinski definition) is 4. The van der Waals surface area contributed by atoms with E-state index >= 15 is 0 Å². The molecule has 0 bridgehead atoms. The van der Waals surface area contributed by atoms with Crippen LogP contribution in [0.2, 0.25) is 5.02 Å². The highest BCUT2D eigenvalue weighted by atomic mass is 35.5. The van der Waals surface area contributed by atoms with E-state index in [2.05, 4.69) is 15.4 Å². The molecule has 6 nitrogen and oxygen atoms in total. The molecule has 0 atom stereocenters. The van der Waals surface area contributed by atoms with Gasteiger partial charge in [-0.3, -0.25) is 9.78 Å². The zero-order valence-corrected chi connectivity index (χ0v) is 16.4. The number of carbonyl (C=O) groups is 1. The van der Waals surface area contributed by atoms with Crippen LogP contribution in [-0.2, 0) is 6.61 Å². The van der Waals surface area contributed by atoms with Gasteiger partial charge in [0.15, 0.2) is 5.69 Å². The summed E-state index contributed by atoms with van der Waals surface area (Å²) in [4.78, 5) is 16.5. The molecule has 30 heavy (non-hydrogen) atoms. The third-order valence-electron chi connectivity index (χ3n) is 4.23. The molecule has 8 heteroatoms. The zero-order chi connectivity index (χ0) is 20.9. The van der Waals surface area contributed by atoms with Crippen molar-refractivity contribution in [1.29, 1.82) is 0 Å². The van der Waals surface area contributed by atoms with Crippen LogP contribution in [0, 0.1) is 5.82 Å². The van der Waals surface area contributed by atoms with Crippen molar-refractivity contribution >= 4 is 23.2 Å². The number of benzene rings is 2. The summed E-state index contributed by atoms with van der Waals surface area (Å²) >= 11 is 6.27. The summed E-state index contributed by atoms with van der Waals surface area (Å²) in [6.07, 6.45) is 4.92. The van der Waals surface area contributed by atoms with E-state index in [0.717, 1.165) is 5.56 Å². The zero-order valence-electron chi connectivity index (χ0n) is 15.6. The van der Waals surface area contributed by atoms with Crippen LogP contribution < -0.4 is 10.1 Å². The monoisotopic (exact) mass is 422 g/mol. The van der Waals surface area contributed by atoms with E-state index in [-0.39, 0.29) is 11.4 Å². The molecule has 0 fully saturated rings. The molecule has 4 rings (SSSR count). The van der Waals surface area contributed by atoms with Crippen molar-refractivity contribution in [2.45, 2.75) is 6.61 Å². The highest BCUT2D eigenvalue weighted by molar-refractivity contribution is 6.32. The number of amides is 1. The van der Waals surface area contributed by atoms with Gasteiger partial charge in [-0.2, -0.15) is 5.10 Å². The molecule has 1 amide bonds. The van der Waals surface area contributed by atoms with Gasteiger partial charge in [-0.15, -0.1) is 0 Å². The Hall–Kier alpha value is -3.71. The van der Waals surface area contributed by atoms with Crippen LogP contribution in [0.3, 0.4) is 0 Å². The summed E-state index contributed by atoms with van der Waals surface area (Å²) in [5, 5.41) is 7.22. The minimum absolute atomic E-state index is 0.145. The van der Waals surface area contributed by atoms with Crippen LogP contribution in [-0.4, -0.2) is 20.7 Å². The number of carbonyl (C=O) groups excluding carboxylic acids is 1. The third kappa shape index (κ3) is 4.47. The molecular weight excluding hydrogens is 407 g/mol. The lowest BCUT2D eigenvalue weighted by Gasteiger charge is -2.10. The van der Waals surface area contributed by atoms with Crippen LogP contribution >= 0.6 is 11.6 Å². The Bertz CT molecular complexity index is 1180. The van der Waals surface area contributed by atoms with Crippen molar-refractivity contribution in [3.8, 4) is 11.4 Å². The molecule has 0 spiro atoms.